The predicted molar refractivity (Wildman–Crippen MR) is 69.8 cm³/mol. The molecular weight excluding hydrogens is 273 g/mol. The van der Waals surface area contributed by atoms with E-state index >= 15 is 0 Å². The normalized spacial score (nSPS) is 12.3. The van der Waals surface area contributed by atoms with Gasteiger partial charge in [-0.15, -0.1) is 0 Å². The lowest BCUT2D eigenvalue weighted by molar-refractivity contribution is -0.139. The van der Waals surface area contributed by atoms with Crippen molar-refractivity contribution >= 4 is 23.5 Å². The number of nitrogens with one attached hydrogen (secondary N) is 1. The maximum Gasteiger partial charge on any atom is 0.326 e. The Labute approximate surface area is 115 Å². The molecule has 1 atom stereocenters. The maximum atomic E-state index is 13.6. The van der Waals surface area contributed by atoms with Crippen LogP contribution in [0.5, 0.6) is 0 Å². The summed E-state index contributed by atoms with van der Waals surface area (Å²) >= 11 is 5.57. The molecule has 0 fully saturated rings. The number of carboxylic acid groups (broad SMARTS) is 1. The number of hydrogen-bond donors (Lipinski definition) is 2. The monoisotopic (exact) mass is 287 g/mol. The molecule has 4 nitrogen and oxygen atoms in total. The van der Waals surface area contributed by atoms with Crippen molar-refractivity contribution in [2.24, 2.45) is 5.92 Å². The molecule has 0 unspecified atom stereocenters. The summed E-state index contributed by atoms with van der Waals surface area (Å²) in [5.74, 6) is -2.70. The molecule has 2 N–H and O–H groups in total. The van der Waals surface area contributed by atoms with Crippen LogP contribution < -0.4 is 5.32 Å². The lowest BCUT2D eigenvalue weighted by Gasteiger charge is -2.16. The van der Waals surface area contributed by atoms with Gasteiger partial charge in [-0.2, -0.15) is 0 Å². The van der Waals surface area contributed by atoms with E-state index in [1.165, 1.54) is 18.2 Å². The molecule has 0 spiro atoms. The van der Waals surface area contributed by atoms with E-state index in [1.807, 2.05) is 13.8 Å². The fraction of sp³-hybridized carbons (Fsp3) is 0.385. The summed E-state index contributed by atoms with van der Waals surface area (Å²) in [6.07, 6.45) is 0.267. The third kappa shape index (κ3) is 4.21. The second-order valence-corrected chi connectivity index (χ2v) is 5.00. The quantitative estimate of drug-likeness (QED) is 0.875. The first-order valence-corrected chi connectivity index (χ1v) is 6.18. The van der Waals surface area contributed by atoms with Gasteiger partial charge in [-0.1, -0.05) is 31.5 Å². The van der Waals surface area contributed by atoms with Gasteiger partial charge in [0.2, 0.25) is 0 Å². The van der Waals surface area contributed by atoms with E-state index in [0.29, 0.717) is 0 Å². The van der Waals surface area contributed by atoms with Crippen LogP contribution in [-0.4, -0.2) is 23.0 Å². The molecule has 1 aromatic rings. The number of hydrogen-bond acceptors (Lipinski definition) is 2. The number of carbonyl (C=O) groups excluding carboxylic acids is 1. The van der Waals surface area contributed by atoms with E-state index in [1.54, 1.807) is 0 Å². The fourth-order valence-corrected chi connectivity index (χ4v) is 1.78. The Bertz CT molecular complexity index is 491. The second-order valence-electron chi connectivity index (χ2n) is 4.60. The largest absolute Gasteiger partial charge is 0.480 e. The number of rotatable bonds is 5. The lowest BCUT2D eigenvalue weighted by atomic mass is 10.0. The maximum absolute atomic E-state index is 13.6. The molecule has 0 saturated heterocycles. The zero-order valence-electron chi connectivity index (χ0n) is 10.6. The number of aliphatic carboxylic acids is 1. The Balaban J connectivity index is 2.88. The molecule has 1 aromatic carbocycles. The SMILES string of the molecule is CC(C)C[C@H](NC(=O)c1cccc(Cl)c1F)C(=O)O. The Kier molecular flexibility index (Phi) is 5.30. The highest BCUT2D eigenvalue weighted by Gasteiger charge is 2.23. The molecule has 1 rings (SSSR count). The molecule has 104 valence electrons. The molecule has 0 radical (unpaired) electrons. The van der Waals surface area contributed by atoms with Gasteiger partial charge in [0, 0.05) is 0 Å². The van der Waals surface area contributed by atoms with Gasteiger partial charge >= 0.3 is 5.97 Å². The van der Waals surface area contributed by atoms with Crippen LogP contribution in [0.4, 0.5) is 4.39 Å². The molecular formula is C13H15ClFNO3. The lowest BCUT2D eigenvalue weighted by Crippen LogP contribution is -2.41. The van der Waals surface area contributed by atoms with Gasteiger partial charge in [0.1, 0.15) is 6.04 Å². The van der Waals surface area contributed by atoms with Crippen molar-refractivity contribution in [1.29, 1.82) is 0 Å². The third-order valence-electron chi connectivity index (χ3n) is 2.51. The van der Waals surface area contributed by atoms with E-state index in [0.717, 1.165) is 0 Å². The zero-order valence-corrected chi connectivity index (χ0v) is 11.4. The van der Waals surface area contributed by atoms with Crippen LogP contribution in [0.3, 0.4) is 0 Å². The minimum atomic E-state index is -1.15. The summed E-state index contributed by atoms with van der Waals surface area (Å²) in [4.78, 5) is 22.9. The van der Waals surface area contributed by atoms with Crippen molar-refractivity contribution < 1.29 is 19.1 Å². The van der Waals surface area contributed by atoms with E-state index in [4.69, 9.17) is 16.7 Å². The number of benzene rings is 1. The van der Waals surface area contributed by atoms with E-state index in [-0.39, 0.29) is 22.9 Å². The van der Waals surface area contributed by atoms with E-state index < -0.39 is 23.7 Å². The van der Waals surface area contributed by atoms with Crippen LogP contribution in [0.2, 0.25) is 5.02 Å². The molecule has 0 heterocycles. The fourth-order valence-electron chi connectivity index (χ4n) is 1.61. The van der Waals surface area contributed by atoms with Crippen LogP contribution in [0, 0.1) is 11.7 Å². The van der Waals surface area contributed by atoms with Crippen molar-refractivity contribution in [2.75, 3.05) is 0 Å². The summed E-state index contributed by atoms with van der Waals surface area (Å²) in [5.41, 5.74) is -0.262. The highest BCUT2D eigenvalue weighted by Crippen LogP contribution is 2.18. The molecule has 6 heteroatoms. The summed E-state index contributed by atoms with van der Waals surface area (Å²) in [6.45, 7) is 3.67. The van der Waals surface area contributed by atoms with Gasteiger partial charge in [0.15, 0.2) is 5.82 Å². The summed E-state index contributed by atoms with van der Waals surface area (Å²) in [6, 6.07) is 2.95. The number of halogens is 2. The average Bonchev–Trinajstić information content (AvgIpc) is 2.31. The van der Waals surface area contributed by atoms with Gasteiger partial charge < -0.3 is 10.4 Å². The zero-order chi connectivity index (χ0) is 14.6. The van der Waals surface area contributed by atoms with Crippen molar-refractivity contribution in [1.82, 2.24) is 5.32 Å². The highest BCUT2D eigenvalue weighted by molar-refractivity contribution is 6.31. The minimum absolute atomic E-state index is 0.0885. The van der Waals surface area contributed by atoms with E-state index in [2.05, 4.69) is 5.32 Å². The van der Waals surface area contributed by atoms with Crippen LogP contribution in [0.15, 0.2) is 18.2 Å². The van der Waals surface area contributed by atoms with Crippen molar-refractivity contribution in [2.45, 2.75) is 26.3 Å². The Morgan fingerprint density at radius 2 is 2.05 bits per heavy atom. The van der Waals surface area contributed by atoms with Crippen molar-refractivity contribution in [3.63, 3.8) is 0 Å². The van der Waals surface area contributed by atoms with Gasteiger partial charge in [-0.25, -0.2) is 9.18 Å². The molecule has 1 amide bonds. The molecule has 0 aliphatic carbocycles. The van der Waals surface area contributed by atoms with Gasteiger partial charge in [-0.05, 0) is 24.5 Å². The number of carboxylic acids is 1. The van der Waals surface area contributed by atoms with Gasteiger partial charge in [0.25, 0.3) is 5.91 Å². The second kappa shape index (κ2) is 6.52. The predicted octanol–water partition coefficient (Wildman–Crippen LogP) is 2.71. The Morgan fingerprint density at radius 1 is 1.42 bits per heavy atom. The first-order chi connectivity index (χ1) is 8.82. The Hall–Kier alpha value is -1.62. The molecule has 0 saturated carbocycles. The van der Waals surface area contributed by atoms with Crippen LogP contribution in [0.1, 0.15) is 30.6 Å². The minimum Gasteiger partial charge on any atom is -0.480 e. The van der Waals surface area contributed by atoms with Crippen molar-refractivity contribution in [3.05, 3.63) is 34.6 Å². The van der Waals surface area contributed by atoms with Crippen LogP contribution in [0.25, 0.3) is 0 Å². The summed E-state index contributed by atoms with van der Waals surface area (Å²) in [5, 5.41) is 11.1. The molecule has 19 heavy (non-hydrogen) atoms. The molecule has 0 aliphatic heterocycles. The van der Waals surface area contributed by atoms with Crippen molar-refractivity contribution in [3.8, 4) is 0 Å². The molecule has 0 aliphatic rings. The first kappa shape index (κ1) is 15.4. The highest BCUT2D eigenvalue weighted by atomic mass is 35.5. The topological polar surface area (TPSA) is 66.4 Å². The van der Waals surface area contributed by atoms with Crippen LogP contribution >= 0.6 is 11.6 Å². The standard InChI is InChI=1S/C13H15ClFNO3/c1-7(2)6-10(13(18)19)16-12(17)8-4-3-5-9(14)11(8)15/h3-5,7,10H,6H2,1-2H3,(H,16,17)(H,18,19)/t10-/m0/s1. The summed E-state index contributed by atoms with van der Waals surface area (Å²) < 4.78 is 13.6. The van der Waals surface area contributed by atoms with Gasteiger partial charge in [-0.3, -0.25) is 4.79 Å². The third-order valence-corrected chi connectivity index (χ3v) is 2.80. The van der Waals surface area contributed by atoms with E-state index in [9.17, 15) is 14.0 Å². The first-order valence-electron chi connectivity index (χ1n) is 5.80. The summed E-state index contributed by atoms with van der Waals surface area (Å²) in [7, 11) is 0. The smallest absolute Gasteiger partial charge is 0.326 e. The van der Waals surface area contributed by atoms with Crippen LogP contribution in [-0.2, 0) is 4.79 Å². The van der Waals surface area contributed by atoms with Gasteiger partial charge in [0.05, 0.1) is 10.6 Å². The average molecular weight is 288 g/mol. The number of carbonyl (C=O) groups is 2. The molecule has 0 aromatic heterocycles. The molecule has 0 bridgehead atoms. The number of amides is 1. The Morgan fingerprint density at radius 3 is 2.58 bits per heavy atom.